The molecule has 0 saturated carbocycles. The van der Waals surface area contributed by atoms with Crippen molar-refractivity contribution in [2.24, 2.45) is 0 Å². The van der Waals surface area contributed by atoms with Gasteiger partial charge in [0.15, 0.2) is 0 Å². The zero-order valence-electron chi connectivity index (χ0n) is 11.4. The molecule has 0 saturated heterocycles. The topological polar surface area (TPSA) is 90.2 Å². The van der Waals surface area contributed by atoms with Crippen LogP contribution in [0.5, 0.6) is 5.88 Å². The van der Waals surface area contributed by atoms with Crippen molar-refractivity contribution in [3.8, 4) is 5.88 Å². The fourth-order valence-electron chi connectivity index (χ4n) is 1.63. The van der Waals surface area contributed by atoms with Gasteiger partial charge in [-0.25, -0.2) is 4.98 Å². The minimum Gasteiger partial charge on any atom is -0.470 e. The third-order valence-electron chi connectivity index (χ3n) is 2.41. The second-order valence-corrected chi connectivity index (χ2v) is 5.35. The highest BCUT2D eigenvalue weighted by Crippen LogP contribution is 2.33. The molecule has 21 heavy (non-hydrogen) atoms. The Kier molecular flexibility index (Phi) is 4.69. The molecule has 0 amide bonds. The van der Waals surface area contributed by atoms with Gasteiger partial charge in [-0.1, -0.05) is 22.0 Å². The second-order valence-electron chi connectivity index (χ2n) is 4.44. The van der Waals surface area contributed by atoms with Gasteiger partial charge in [0, 0.05) is 10.2 Å². The molecule has 0 atom stereocenters. The Morgan fingerprint density at radius 2 is 2.14 bits per heavy atom. The maximum atomic E-state index is 11.3. The molecular weight excluding hydrogens is 340 g/mol. The van der Waals surface area contributed by atoms with Gasteiger partial charge in [-0.3, -0.25) is 10.1 Å². The number of rotatable bonds is 5. The van der Waals surface area contributed by atoms with Gasteiger partial charge in [0.25, 0.3) is 5.88 Å². The van der Waals surface area contributed by atoms with Crippen LogP contribution >= 0.6 is 15.9 Å². The quantitative estimate of drug-likeness (QED) is 0.651. The van der Waals surface area contributed by atoms with E-state index in [1.807, 2.05) is 12.1 Å². The first-order valence-electron chi connectivity index (χ1n) is 6.16. The number of hydrogen-bond acceptors (Lipinski definition) is 6. The lowest BCUT2D eigenvalue weighted by Crippen LogP contribution is -2.10. The van der Waals surface area contributed by atoms with Gasteiger partial charge >= 0.3 is 5.69 Å². The van der Waals surface area contributed by atoms with Crippen molar-refractivity contribution in [2.75, 3.05) is 5.32 Å². The lowest BCUT2D eigenvalue weighted by atomic mass is 10.3. The minimum atomic E-state index is -0.558. The molecule has 110 valence electrons. The molecule has 8 heteroatoms. The molecule has 1 aromatic carbocycles. The van der Waals surface area contributed by atoms with E-state index in [2.05, 4.69) is 31.2 Å². The van der Waals surface area contributed by atoms with Crippen molar-refractivity contribution in [3.63, 3.8) is 0 Å². The second kappa shape index (κ2) is 6.49. The summed E-state index contributed by atoms with van der Waals surface area (Å²) in [7, 11) is 0. The van der Waals surface area contributed by atoms with Crippen molar-refractivity contribution < 1.29 is 9.66 Å². The average Bonchev–Trinajstić information content (AvgIpc) is 2.37. The third-order valence-corrected chi connectivity index (χ3v) is 2.90. The number of aromatic nitrogens is 2. The fourth-order valence-corrected chi connectivity index (χ4v) is 2.03. The number of nitro groups is 1. The third kappa shape index (κ3) is 3.88. The predicted octanol–water partition coefficient (Wildman–Crippen LogP) is 3.68. The van der Waals surface area contributed by atoms with Crippen LogP contribution in [0.25, 0.3) is 0 Å². The molecule has 7 nitrogen and oxygen atoms in total. The molecule has 1 aromatic heterocycles. The van der Waals surface area contributed by atoms with Crippen LogP contribution in [0.1, 0.15) is 13.8 Å². The maximum absolute atomic E-state index is 11.3. The number of hydrogen-bond donors (Lipinski definition) is 1. The molecule has 0 aliphatic heterocycles. The van der Waals surface area contributed by atoms with Crippen molar-refractivity contribution in [2.45, 2.75) is 20.0 Å². The molecule has 0 unspecified atom stereocenters. The molecule has 0 bridgehead atoms. The van der Waals surface area contributed by atoms with Gasteiger partial charge in [0.05, 0.1) is 11.0 Å². The minimum absolute atomic E-state index is 0.0532. The van der Waals surface area contributed by atoms with E-state index in [1.165, 1.54) is 6.33 Å². The molecule has 0 radical (unpaired) electrons. The number of nitrogens with one attached hydrogen (secondary N) is 1. The van der Waals surface area contributed by atoms with Crippen LogP contribution in [0, 0.1) is 10.1 Å². The lowest BCUT2D eigenvalue weighted by Gasteiger charge is -2.11. The monoisotopic (exact) mass is 352 g/mol. The van der Waals surface area contributed by atoms with Gasteiger partial charge < -0.3 is 10.1 Å². The molecule has 2 aromatic rings. The molecule has 1 heterocycles. The Bertz CT molecular complexity index is 664. The average molecular weight is 353 g/mol. The van der Waals surface area contributed by atoms with E-state index in [0.717, 1.165) is 4.47 Å². The highest BCUT2D eigenvalue weighted by Gasteiger charge is 2.25. The highest BCUT2D eigenvalue weighted by molar-refractivity contribution is 9.10. The summed E-state index contributed by atoms with van der Waals surface area (Å²) in [6.07, 6.45) is 1.00. The van der Waals surface area contributed by atoms with E-state index >= 15 is 0 Å². The number of ether oxygens (including phenoxy) is 1. The predicted molar refractivity (Wildman–Crippen MR) is 81.9 cm³/mol. The van der Waals surface area contributed by atoms with Crippen LogP contribution in [-0.4, -0.2) is 21.0 Å². The first-order valence-corrected chi connectivity index (χ1v) is 6.95. The van der Waals surface area contributed by atoms with Crippen molar-refractivity contribution in [1.29, 1.82) is 0 Å². The fraction of sp³-hybridized carbons (Fsp3) is 0.231. The van der Waals surface area contributed by atoms with Crippen molar-refractivity contribution >= 4 is 33.1 Å². The van der Waals surface area contributed by atoms with E-state index in [0.29, 0.717) is 5.69 Å². The molecule has 0 aliphatic carbocycles. The number of benzene rings is 1. The number of halogens is 1. The van der Waals surface area contributed by atoms with Gasteiger partial charge in [0.1, 0.15) is 6.33 Å². The van der Waals surface area contributed by atoms with Crippen LogP contribution in [0.4, 0.5) is 17.2 Å². The Balaban J connectivity index is 2.41. The van der Waals surface area contributed by atoms with E-state index in [9.17, 15) is 10.1 Å². The highest BCUT2D eigenvalue weighted by atomic mass is 79.9. The lowest BCUT2D eigenvalue weighted by molar-refractivity contribution is -0.385. The smallest absolute Gasteiger partial charge is 0.373 e. The van der Waals surface area contributed by atoms with Gasteiger partial charge in [-0.2, -0.15) is 4.98 Å². The number of anilines is 2. The van der Waals surface area contributed by atoms with Crippen LogP contribution < -0.4 is 10.1 Å². The van der Waals surface area contributed by atoms with E-state index in [-0.39, 0.29) is 23.5 Å². The van der Waals surface area contributed by atoms with E-state index in [4.69, 9.17) is 4.74 Å². The summed E-state index contributed by atoms with van der Waals surface area (Å²) in [5.74, 6) is 0.0336. The standard InChI is InChI=1S/C13H13BrN4O3/c1-8(2)21-13-11(18(19)20)12(15-7-16-13)17-10-5-3-4-9(14)6-10/h3-8H,1-2H3,(H,15,16,17). The normalized spacial score (nSPS) is 10.5. The molecule has 2 rings (SSSR count). The van der Waals surface area contributed by atoms with Crippen LogP contribution in [-0.2, 0) is 0 Å². The van der Waals surface area contributed by atoms with Crippen molar-refractivity contribution in [3.05, 3.63) is 45.2 Å². The molecule has 0 aliphatic rings. The zero-order chi connectivity index (χ0) is 15.4. The summed E-state index contributed by atoms with van der Waals surface area (Å²) in [6, 6.07) is 7.23. The molecule has 0 fully saturated rings. The summed E-state index contributed by atoms with van der Waals surface area (Å²) in [4.78, 5) is 18.5. The summed E-state index contributed by atoms with van der Waals surface area (Å²) < 4.78 is 6.22. The Labute approximate surface area is 129 Å². The van der Waals surface area contributed by atoms with Gasteiger partial charge in [-0.15, -0.1) is 0 Å². The first kappa shape index (κ1) is 15.2. The van der Waals surface area contributed by atoms with E-state index < -0.39 is 4.92 Å². The molecule has 1 N–H and O–H groups in total. The summed E-state index contributed by atoms with van der Waals surface area (Å²) >= 11 is 3.34. The van der Waals surface area contributed by atoms with Crippen LogP contribution in [0.2, 0.25) is 0 Å². The van der Waals surface area contributed by atoms with E-state index in [1.54, 1.807) is 26.0 Å². The Hall–Kier alpha value is -2.22. The summed E-state index contributed by atoms with van der Waals surface area (Å²) in [5.41, 5.74) is 0.382. The SMILES string of the molecule is CC(C)Oc1ncnc(Nc2cccc(Br)c2)c1[N+](=O)[O-]. The van der Waals surface area contributed by atoms with Crippen LogP contribution in [0.3, 0.4) is 0 Å². The zero-order valence-corrected chi connectivity index (χ0v) is 13.0. The number of nitrogens with zero attached hydrogens (tertiary/aromatic N) is 3. The van der Waals surface area contributed by atoms with Crippen LogP contribution in [0.15, 0.2) is 35.1 Å². The maximum Gasteiger partial charge on any atom is 0.373 e. The molecule has 0 spiro atoms. The summed E-state index contributed by atoms with van der Waals surface area (Å²) in [6.45, 7) is 3.54. The Morgan fingerprint density at radius 3 is 2.76 bits per heavy atom. The van der Waals surface area contributed by atoms with Crippen molar-refractivity contribution in [1.82, 2.24) is 9.97 Å². The molecular formula is C13H13BrN4O3. The largest absolute Gasteiger partial charge is 0.470 e. The summed E-state index contributed by atoms with van der Waals surface area (Å²) in [5, 5.41) is 14.2. The van der Waals surface area contributed by atoms with Gasteiger partial charge in [0.2, 0.25) is 5.82 Å². The first-order chi connectivity index (χ1) is 9.97. The Morgan fingerprint density at radius 1 is 1.38 bits per heavy atom. The van der Waals surface area contributed by atoms with Gasteiger partial charge in [-0.05, 0) is 32.0 Å².